The molecule has 0 saturated heterocycles. The second-order valence-corrected chi connectivity index (χ2v) is 5.40. The van der Waals surface area contributed by atoms with Crippen LogP contribution in [0, 0.1) is 18.3 Å². The first-order valence-electron chi connectivity index (χ1n) is 6.68. The average Bonchev–Trinajstić information content (AvgIpc) is 2.46. The number of nitriles is 1. The molecule has 21 heavy (non-hydrogen) atoms. The van der Waals surface area contributed by atoms with Crippen molar-refractivity contribution in [3.8, 4) is 6.07 Å². The molecule has 6 heteroatoms. The van der Waals surface area contributed by atoms with Gasteiger partial charge in [-0.2, -0.15) is 5.26 Å². The second-order valence-electron chi connectivity index (χ2n) is 4.54. The number of aromatic nitrogens is 2. The fraction of sp³-hybridized carbons (Fsp3) is 0.267. The summed E-state index contributed by atoms with van der Waals surface area (Å²) in [6, 6.07) is 9.35. The summed E-state index contributed by atoms with van der Waals surface area (Å²) in [5, 5.41) is 15.4. The van der Waals surface area contributed by atoms with Crippen LogP contribution in [0.25, 0.3) is 0 Å². The van der Waals surface area contributed by atoms with Crippen LogP contribution >= 0.6 is 15.9 Å². The Kier molecular flexibility index (Phi) is 5.12. The van der Waals surface area contributed by atoms with Gasteiger partial charge in [-0.15, -0.1) is 0 Å². The Balaban J connectivity index is 2.23. The molecule has 0 atom stereocenters. The van der Waals surface area contributed by atoms with Gasteiger partial charge in [0.15, 0.2) is 0 Å². The van der Waals surface area contributed by atoms with Gasteiger partial charge >= 0.3 is 0 Å². The van der Waals surface area contributed by atoms with Gasteiger partial charge in [0.05, 0.1) is 17.3 Å². The van der Waals surface area contributed by atoms with E-state index in [0.717, 1.165) is 28.9 Å². The minimum absolute atomic E-state index is 0.608. The minimum atomic E-state index is 0.608. The molecule has 1 aromatic heterocycles. The zero-order valence-corrected chi connectivity index (χ0v) is 13.5. The van der Waals surface area contributed by atoms with Crippen LogP contribution in [-0.4, -0.2) is 16.5 Å². The maximum absolute atomic E-state index is 8.88. The van der Waals surface area contributed by atoms with Crippen molar-refractivity contribution in [1.82, 2.24) is 9.97 Å². The molecule has 108 valence electrons. The Bertz CT molecular complexity index is 678. The molecule has 0 saturated carbocycles. The molecule has 0 aliphatic carbocycles. The highest BCUT2D eigenvalue weighted by Gasteiger charge is 2.05. The topological polar surface area (TPSA) is 73.6 Å². The number of nitrogens with one attached hydrogen (secondary N) is 2. The fourth-order valence-electron chi connectivity index (χ4n) is 1.80. The highest BCUT2D eigenvalue weighted by Crippen LogP contribution is 2.26. The van der Waals surface area contributed by atoms with Gasteiger partial charge in [0.1, 0.15) is 17.5 Å². The molecule has 0 spiro atoms. The van der Waals surface area contributed by atoms with Gasteiger partial charge in [-0.1, -0.05) is 6.92 Å². The number of rotatable bonds is 5. The average molecular weight is 346 g/mol. The van der Waals surface area contributed by atoms with E-state index in [1.807, 2.05) is 19.1 Å². The van der Waals surface area contributed by atoms with E-state index >= 15 is 0 Å². The Morgan fingerprint density at radius 2 is 2.00 bits per heavy atom. The molecule has 0 aliphatic heterocycles. The molecule has 0 amide bonds. The lowest BCUT2D eigenvalue weighted by Gasteiger charge is -2.11. The molecule has 0 aliphatic rings. The van der Waals surface area contributed by atoms with E-state index < -0.39 is 0 Å². The Hall–Kier alpha value is -2.13. The first-order chi connectivity index (χ1) is 10.1. The number of nitrogens with zero attached hydrogens (tertiary/aromatic N) is 3. The van der Waals surface area contributed by atoms with Crippen LogP contribution in [0.5, 0.6) is 0 Å². The normalized spacial score (nSPS) is 10.0. The van der Waals surface area contributed by atoms with Gasteiger partial charge in [-0.05, 0) is 47.5 Å². The maximum atomic E-state index is 8.88. The lowest BCUT2D eigenvalue weighted by Crippen LogP contribution is -2.05. The van der Waals surface area contributed by atoms with Crippen LogP contribution in [-0.2, 0) is 0 Å². The number of halogens is 1. The van der Waals surface area contributed by atoms with Crippen molar-refractivity contribution >= 4 is 33.3 Å². The van der Waals surface area contributed by atoms with Gasteiger partial charge in [-0.25, -0.2) is 9.97 Å². The van der Waals surface area contributed by atoms with Crippen LogP contribution in [0.15, 0.2) is 28.7 Å². The molecule has 2 aromatic rings. The second kappa shape index (κ2) is 7.04. The quantitative estimate of drug-likeness (QED) is 0.857. The van der Waals surface area contributed by atoms with Crippen molar-refractivity contribution in [3.05, 3.63) is 40.1 Å². The van der Waals surface area contributed by atoms with Gasteiger partial charge < -0.3 is 10.6 Å². The molecule has 2 N–H and O–H groups in total. The molecule has 0 bridgehead atoms. The number of anilines is 3. The number of hydrogen-bond acceptors (Lipinski definition) is 5. The summed E-state index contributed by atoms with van der Waals surface area (Å²) in [7, 11) is 0. The molecule has 0 unspecified atom stereocenters. The third-order valence-corrected chi connectivity index (χ3v) is 3.41. The maximum Gasteiger partial charge on any atom is 0.136 e. The van der Waals surface area contributed by atoms with Gasteiger partial charge in [-0.3, -0.25) is 0 Å². The fourth-order valence-corrected chi connectivity index (χ4v) is 2.28. The Morgan fingerprint density at radius 3 is 2.67 bits per heavy atom. The largest absolute Gasteiger partial charge is 0.370 e. The van der Waals surface area contributed by atoms with Crippen molar-refractivity contribution in [2.75, 3.05) is 17.2 Å². The third kappa shape index (κ3) is 4.17. The molecule has 0 fully saturated rings. The first kappa shape index (κ1) is 15.3. The van der Waals surface area contributed by atoms with Crippen LogP contribution in [0.1, 0.15) is 24.7 Å². The zero-order valence-electron chi connectivity index (χ0n) is 11.9. The SMILES string of the molecule is CCCNc1cc(Nc2ccc(C#N)cc2Br)nc(C)n1. The van der Waals surface area contributed by atoms with Crippen molar-refractivity contribution in [3.63, 3.8) is 0 Å². The highest BCUT2D eigenvalue weighted by atomic mass is 79.9. The summed E-state index contributed by atoms with van der Waals surface area (Å²) in [5.41, 5.74) is 1.46. The van der Waals surface area contributed by atoms with Crippen molar-refractivity contribution in [2.24, 2.45) is 0 Å². The minimum Gasteiger partial charge on any atom is -0.370 e. The van der Waals surface area contributed by atoms with E-state index in [1.165, 1.54) is 0 Å². The van der Waals surface area contributed by atoms with E-state index in [4.69, 9.17) is 5.26 Å². The molecule has 0 radical (unpaired) electrons. The Labute approximate surface area is 132 Å². The van der Waals surface area contributed by atoms with E-state index in [0.29, 0.717) is 17.2 Å². The molecule has 5 nitrogen and oxygen atoms in total. The van der Waals surface area contributed by atoms with Crippen molar-refractivity contribution in [1.29, 1.82) is 5.26 Å². The van der Waals surface area contributed by atoms with Crippen LogP contribution < -0.4 is 10.6 Å². The van der Waals surface area contributed by atoms with Gasteiger partial charge in [0, 0.05) is 17.1 Å². The van der Waals surface area contributed by atoms with E-state index in [2.05, 4.69) is 49.5 Å². The monoisotopic (exact) mass is 345 g/mol. The summed E-state index contributed by atoms with van der Waals surface area (Å²) in [5.74, 6) is 2.21. The first-order valence-corrected chi connectivity index (χ1v) is 7.48. The molecule has 1 heterocycles. The van der Waals surface area contributed by atoms with E-state index in [9.17, 15) is 0 Å². The number of hydrogen-bond donors (Lipinski definition) is 2. The number of benzene rings is 1. The van der Waals surface area contributed by atoms with Gasteiger partial charge in [0.25, 0.3) is 0 Å². The Morgan fingerprint density at radius 1 is 1.24 bits per heavy atom. The third-order valence-electron chi connectivity index (χ3n) is 2.75. The molecular formula is C15H16BrN5. The zero-order chi connectivity index (χ0) is 15.2. The summed E-state index contributed by atoms with van der Waals surface area (Å²) in [6.07, 6.45) is 1.03. The standard InChI is InChI=1S/C15H16BrN5/c1-3-6-18-14-8-15(20-10(2)19-14)21-13-5-4-11(9-17)7-12(13)16/h4-5,7-8H,3,6H2,1-2H3,(H2,18,19,20,21). The van der Waals surface area contributed by atoms with Crippen molar-refractivity contribution < 1.29 is 0 Å². The van der Waals surface area contributed by atoms with Gasteiger partial charge in [0.2, 0.25) is 0 Å². The molecular weight excluding hydrogens is 330 g/mol. The molecule has 2 rings (SSSR count). The predicted octanol–water partition coefficient (Wildman–Crippen LogP) is 3.98. The van der Waals surface area contributed by atoms with E-state index in [1.54, 1.807) is 12.1 Å². The van der Waals surface area contributed by atoms with Crippen LogP contribution in [0.3, 0.4) is 0 Å². The number of aryl methyl sites for hydroxylation is 1. The lowest BCUT2D eigenvalue weighted by atomic mass is 10.2. The summed E-state index contributed by atoms with van der Waals surface area (Å²) in [6.45, 7) is 4.83. The van der Waals surface area contributed by atoms with E-state index in [-0.39, 0.29) is 0 Å². The summed E-state index contributed by atoms with van der Waals surface area (Å²) >= 11 is 3.45. The predicted molar refractivity (Wildman–Crippen MR) is 87.7 cm³/mol. The van der Waals surface area contributed by atoms with Crippen LogP contribution in [0.2, 0.25) is 0 Å². The summed E-state index contributed by atoms with van der Waals surface area (Å²) < 4.78 is 0.820. The summed E-state index contributed by atoms with van der Waals surface area (Å²) in [4.78, 5) is 8.72. The van der Waals surface area contributed by atoms with Crippen LogP contribution in [0.4, 0.5) is 17.3 Å². The van der Waals surface area contributed by atoms with Crippen molar-refractivity contribution in [2.45, 2.75) is 20.3 Å². The highest BCUT2D eigenvalue weighted by molar-refractivity contribution is 9.10. The molecule has 1 aromatic carbocycles. The smallest absolute Gasteiger partial charge is 0.136 e. The lowest BCUT2D eigenvalue weighted by molar-refractivity contribution is 0.955.